The van der Waals surface area contributed by atoms with E-state index in [4.69, 9.17) is 4.98 Å². The molecule has 0 saturated heterocycles. The molecule has 0 aliphatic rings. The van der Waals surface area contributed by atoms with Crippen LogP contribution in [0.2, 0.25) is 0 Å². The molecule has 0 amide bonds. The van der Waals surface area contributed by atoms with Crippen molar-refractivity contribution >= 4 is 34.6 Å². The Bertz CT molecular complexity index is 1010. The zero-order valence-corrected chi connectivity index (χ0v) is 13.8. The van der Waals surface area contributed by atoms with Crippen molar-refractivity contribution in [2.45, 2.75) is 0 Å². The first-order valence-electron chi connectivity index (χ1n) is 8.33. The van der Waals surface area contributed by atoms with E-state index in [1.165, 1.54) is 5.56 Å². The van der Waals surface area contributed by atoms with Crippen molar-refractivity contribution in [2.75, 3.05) is 5.32 Å². The molecule has 0 aliphatic heterocycles. The minimum Gasteiger partial charge on any atom is -0.340 e. The van der Waals surface area contributed by atoms with Gasteiger partial charge in [-0.25, -0.2) is 4.98 Å². The molecule has 4 rings (SSSR count). The molecule has 0 aliphatic carbocycles. The SMILES string of the molecule is C(=C/c1cc2ccccc2nc1Nc1ccccc1)/c1ccccc1. The Labute approximate surface area is 147 Å². The van der Waals surface area contributed by atoms with Gasteiger partial charge in [0.25, 0.3) is 0 Å². The number of rotatable bonds is 4. The Morgan fingerprint density at radius 1 is 0.680 bits per heavy atom. The van der Waals surface area contributed by atoms with Crippen LogP contribution in [0.1, 0.15) is 11.1 Å². The molecule has 120 valence electrons. The molecule has 0 spiro atoms. The number of hydrogen-bond acceptors (Lipinski definition) is 2. The molecular weight excluding hydrogens is 304 g/mol. The van der Waals surface area contributed by atoms with Crippen molar-refractivity contribution in [1.29, 1.82) is 0 Å². The van der Waals surface area contributed by atoms with Crippen LogP contribution in [0.3, 0.4) is 0 Å². The van der Waals surface area contributed by atoms with Gasteiger partial charge in [-0.3, -0.25) is 0 Å². The Morgan fingerprint density at radius 2 is 1.36 bits per heavy atom. The zero-order valence-electron chi connectivity index (χ0n) is 13.8. The van der Waals surface area contributed by atoms with Gasteiger partial charge in [0.05, 0.1) is 5.52 Å². The van der Waals surface area contributed by atoms with Crippen LogP contribution in [0.15, 0.2) is 91.0 Å². The number of aromatic nitrogens is 1. The highest BCUT2D eigenvalue weighted by Gasteiger charge is 2.05. The molecule has 0 fully saturated rings. The van der Waals surface area contributed by atoms with Gasteiger partial charge in [-0.1, -0.05) is 78.9 Å². The summed E-state index contributed by atoms with van der Waals surface area (Å²) < 4.78 is 0. The summed E-state index contributed by atoms with van der Waals surface area (Å²) in [6.07, 6.45) is 4.22. The number of fused-ring (bicyclic) bond motifs is 1. The van der Waals surface area contributed by atoms with E-state index >= 15 is 0 Å². The van der Waals surface area contributed by atoms with Crippen molar-refractivity contribution in [3.8, 4) is 0 Å². The third kappa shape index (κ3) is 3.59. The summed E-state index contributed by atoms with van der Waals surface area (Å²) in [5.74, 6) is 0.858. The zero-order chi connectivity index (χ0) is 16.9. The summed E-state index contributed by atoms with van der Waals surface area (Å²) in [4.78, 5) is 4.82. The van der Waals surface area contributed by atoms with E-state index in [0.717, 1.165) is 28.0 Å². The Hall–Kier alpha value is -3.39. The smallest absolute Gasteiger partial charge is 0.138 e. The average Bonchev–Trinajstić information content (AvgIpc) is 2.68. The molecular formula is C23H18N2. The molecule has 25 heavy (non-hydrogen) atoms. The minimum absolute atomic E-state index is 0.858. The van der Waals surface area contributed by atoms with E-state index in [1.54, 1.807) is 0 Å². The number of hydrogen-bond donors (Lipinski definition) is 1. The normalized spacial score (nSPS) is 11.0. The van der Waals surface area contributed by atoms with E-state index < -0.39 is 0 Å². The van der Waals surface area contributed by atoms with Gasteiger partial charge < -0.3 is 5.32 Å². The molecule has 2 heteroatoms. The third-order valence-corrected chi connectivity index (χ3v) is 4.04. The number of pyridine rings is 1. The quantitative estimate of drug-likeness (QED) is 0.487. The van der Waals surface area contributed by atoms with Crippen molar-refractivity contribution in [1.82, 2.24) is 4.98 Å². The lowest BCUT2D eigenvalue weighted by Gasteiger charge is -2.10. The standard InChI is InChI=1S/C23H18N2/c1-3-9-18(10-4-1)15-16-20-17-19-11-7-8-14-22(19)25-23(20)24-21-12-5-2-6-13-21/h1-17H,(H,24,25)/b16-15-. The second-order valence-corrected chi connectivity index (χ2v) is 5.85. The van der Waals surface area contributed by atoms with Gasteiger partial charge >= 0.3 is 0 Å². The van der Waals surface area contributed by atoms with Crippen LogP contribution >= 0.6 is 0 Å². The lowest BCUT2D eigenvalue weighted by Crippen LogP contribution is -1.97. The lowest BCUT2D eigenvalue weighted by molar-refractivity contribution is 1.36. The van der Waals surface area contributed by atoms with Crippen molar-refractivity contribution in [3.05, 3.63) is 102 Å². The van der Waals surface area contributed by atoms with Crippen LogP contribution in [-0.4, -0.2) is 4.98 Å². The largest absolute Gasteiger partial charge is 0.340 e. The number of benzene rings is 3. The van der Waals surface area contributed by atoms with Gasteiger partial charge in [0.1, 0.15) is 5.82 Å². The van der Waals surface area contributed by atoms with Crippen molar-refractivity contribution in [3.63, 3.8) is 0 Å². The molecule has 0 unspecified atom stereocenters. The molecule has 0 radical (unpaired) electrons. The minimum atomic E-state index is 0.858. The van der Waals surface area contributed by atoms with E-state index in [-0.39, 0.29) is 0 Å². The topological polar surface area (TPSA) is 24.9 Å². The summed E-state index contributed by atoms with van der Waals surface area (Å²) in [6, 6.07) is 30.8. The van der Waals surface area contributed by atoms with E-state index in [1.807, 2.05) is 66.7 Å². The molecule has 0 bridgehead atoms. The second kappa shape index (κ2) is 7.02. The van der Waals surface area contributed by atoms with Gasteiger partial charge in [0.15, 0.2) is 0 Å². The molecule has 0 saturated carbocycles. The van der Waals surface area contributed by atoms with Crippen LogP contribution in [0, 0.1) is 0 Å². The van der Waals surface area contributed by atoms with Gasteiger partial charge in [-0.2, -0.15) is 0 Å². The fourth-order valence-corrected chi connectivity index (χ4v) is 2.77. The van der Waals surface area contributed by atoms with Crippen LogP contribution in [0.4, 0.5) is 11.5 Å². The maximum atomic E-state index is 4.82. The van der Waals surface area contributed by atoms with Gasteiger partial charge in [-0.05, 0) is 29.8 Å². The highest BCUT2D eigenvalue weighted by Crippen LogP contribution is 2.25. The average molecular weight is 322 g/mol. The number of para-hydroxylation sites is 2. The fraction of sp³-hybridized carbons (Fsp3) is 0. The van der Waals surface area contributed by atoms with Crippen LogP contribution < -0.4 is 5.32 Å². The molecule has 4 aromatic rings. The molecule has 3 aromatic carbocycles. The van der Waals surface area contributed by atoms with Gasteiger partial charge in [0.2, 0.25) is 0 Å². The van der Waals surface area contributed by atoms with E-state index in [9.17, 15) is 0 Å². The van der Waals surface area contributed by atoms with Crippen LogP contribution in [0.5, 0.6) is 0 Å². The fourth-order valence-electron chi connectivity index (χ4n) is 2.77. The summed E-state index contributed by atoms with van der Waals surface area (Å²) in [5, 5.41) is 4.57. The predicted molar refractivity (Wildman–Crippen MR) is 107 cm³/mol. The van der Waals surface area contributed by atoms with Crippen LogP contribution in [0.25, 0.3) is 23.1 Å². The summed E-state index contributed by atoms with van der Waals surface area (Å²) in [5.41, 5.74) is 4.24. The highest BCUT2D eigenvalue weighted by molar-refractivity contribution is 5.87. The van der Waals surface area contributed by atoms with Gasteiger partial charge in [0, 0.05) is 16.6 Å². The molecule has 1 heterocycles. The molecule has 0 atom stereocenters. The Balaban J connectivity index is 1.77. The molecule has 1 N–H and O–H groups in total. The first-order valence-corrected chi connectivity index (χ1v) is 8.33. The Kier molecular flexibility index (Phi) is 4.25. The summed E-state index contributed by atoms with van der Waals surface area (Å²) in [6.45, 7) is 0. The summed E-state index contributed by atoms with van der Waals surface area (Å²) >= 11 is 0. The first kappa shape index (κ1) is 15.2. The first-order chi connectivity index (χ1) is 12.4. The number of nitrogens with zero attached hydrogens (tertiary/aromatic N) is 1. The van der Waals surface area contributed by atoms with E-state index in [2.05, 4.69) is 41.7 Å². The van der Waals surface area contributed by atoms with Crippen molar-refractivity contribution < 1.29 is 0 Å². The maximum absolute atomic E-state index is 4.82. The van der Waals surface area contributed by atoms with Crippen molar-refractivity contribution in [2.24, 2.45) is 0 Å². The monoisotopic (exact) mass is 322 g/mol. The summed E-state index contributed by atoms with van der Waals surface area (Å²) in [7, 11) is 0. The number of anilines is 2. The number of nitrogens with one attached hydrogen (secondary N) is 1. The molecule has 1 aromatic heterocycles. The maximum Gasteiger partial charge on any atom is 0.138 e. The predicted octanol–water partition coefficient (Wildman–Crippen LogP) is 6.15. The third-order valence-electron chi connectivity index (χ3n) is 4.04. The van der Waals surface area contributed by atoms with Gasteiger partial charge in [-0.15, -0.1) is 0 Å². The molecule has 2 nitrogen and oxygen atoms in total. The lowest BCUT2D eigenvalue weighted by atomic mass is 10.1. The Morgan fingerprint density at radius 3 is 2.16 bits per heavy atom. The van der Waals surface area contributed by atoms with E-state index in [0.29, 0.717) is 0 Å². The highest BCUT2D eigenvalue weighted by atomic mass is 15.0. The second-order valence-electron chi connectivity index (χ2n) is 5.85. The van der Waals surface area contributed by atoms with Crippen LogP contribution in [-0.2, 0) is 0 Å².